The summed E-state index contributed by atoms with van der Waals surface area (Å²) in [6.45, 7) is 9.78. The molecule has 2 N–H and O–H groups in total. The van der Waals surface area contributed by atoms with E-state index in [1.807, 2.05) is 18.2 Å². The van der Waals surface area contributed by atoms with Gasteiger partial charge in [0.15, 0.2) is 6.61 Å². The van der Waals surface area contributed by atoms with Gasteiger partial charge in [-0.3, -0.25) is 9.59 Å². The van der Waals surface area contributed by atoms with Gasteiger partial charge in [0.25, 0.3) is 5.91 Å². The van der Waals surface area contributed by atoms with Crippen LogP contribution in [0.25, 0.3) is 0 Å². The van der Waals surface area contributed by atoms with E-state index in [4.69, 9.17) is 4.74 Å². The van der Waals surface area contributed by atoms with Gasteiger partial charge < -0.3 is 15.4 Å². The number of anilines is 2. The number of para-hydroxylation sites is 1. The summed E-state index contributed by atoms with van der Waals surface area (Å²) in [7, 11) is 0. The first-order valence-corrected chi connectivity index (χ1v) is 9.21. The zero-order chi connectivity index (χ0) is 20.0. The Hall–Kier alpha value is -2.82. The Morgan fingerprint density at radius 3 is 2.07 bits per heavy atom. The molecule has 0 aliphatic rings. The van der Waals surface area contributed by atoms with Gasteiger partial charge in [0.05, 0.1) is 0 Å². The van der Waals surface area contributed by atoms with Crippen LogP contribution in [0.4, 0.5) is 11.4 Å². The van der Waals surface area contributed by atoms with Gasteiger partial charge in [-0.05, 0) is 35.1 Å². The molecule has 5 heteroatoms. The maximum atomic E-state index is 12.5. The van der Waals surface area contributed by atoms with Crippen molar-refractivity contribution in [3.63, 3.8) is 0 Å². The van der Waals surface area contributed by atoms with Gasteiger partial charge >= 0.3 is 0 Å². The average molecular weight is 368 g/mol. The van der Waals surface area contributed by atoms with E-state index in [2.05, 4.69) is 38.3 Å². The lowest BCUT2D eigenvalue weighted by Gasteiger charge is -2.20. The molecule has 0 unspecified atom stereocenters. The second kappa shape index (κ2) is 9.21. The number of amides is 2. The number of hydrogen-bond donors (Lipinski definition) is 2. The number of hydrogen-bond acceptors (Lipinski definition) is 3. The first-order chi connectivity index (χ1) is 12.8. The van der Waals surface area contributed by atoms with Crippen molar-refractivity contribution in [1.82, 2.24) is 0 Å². The first-order valence-electron chi connectivity index (χ1n) is 9.21. The summed E-state index contributed by atoms with van der Waals surface area (Å²) in [5, 5.41) is 5.72. The summed E-state index contributed by atoms with van der Waals surface area (Å²) in [6.07, 6.45) is 0. The molecule has 0 saturated heterocycles. The van der Waals surface area contributed by atoms with Crippen LogP contribution in [0.1, 0.15) is 57.6 Å². The van der Waals surface area contributed by atoms with Gasteiger partial charge in [-0.2, -0.15) is 0 Å². The van der Waals surface area contributed by atoms with E-state index in [-0.39, 0.29) is 18.4 Å². The van der Waals surface area contributed by atoms with Crippen molar-refractivity contribution in [3.05, 3.63) is 53.6 Å². The van der Waals surface area contributed by atoms with E-state index in [0.29, 0.717) is 23.3 Å². The van der Waals surface area contributed by atoms with Gasteiger partial charge in [-0.25, -0.2) is 0 Å². The molecule has 2 aromatic carbocycles. The summed E-state index contributed by atoms with van der Waals surface area (Å²) < 4.78 is 5.60. The Labute approximate surface area is 161 Å². The number of rotatable bonds is 7. The Balaban J connectivity index is 2.09. The lowest BCUT2D eigenvalue weighted by molar-refractivity contribution is -0.118. The van der Waals surface area contributed by atoms with Gasteiger partial charge in [0.2, 0.25) is 5.91 Å². The molecule has 0 aliphatic heterocycles. The van der Waals surface area contributed by atoms with Crippen molar-refractivity contribution in [2.45, 2.75) is 46.5 Å². The van der Waals surface area contributed by atoms with E-state index in [1.165, 1.54) is 6.92 Å². The van der Waals surface area contributed by atoms with Crippen LogP contribution < -0.4 is 15.4 Å². The van der Waals surface area contributed by atoms with Crippen molar-refractivity contribution in [2.75, 3.05) is 17.2 Å². The molecule has 0 saturated carbocycles. The van der Waals surface area contributed by atoms with Gasteiger partial charge in [0.1, 0.15) is 5.75 Å². The maximum absolute atomic E-state index is 12.5. The van der Waals surface area contributed by atoms with Crippen LogP contribution >= 0.6 is 0 Å². The van der Waals surface area contributed by atoms with Crippen LogP contribution in [0.15, 0.2) is 42.5 Å². The number of carbonyl (C=O) groups is 2. The highest BCUT2D eigenvalue weighted by Crippen LogP contribution is 2.32. The number of nitrogens with one attached hydrogen (secondary N) is 2. The molecule has 0 radical (unpaired) electrons. The Morgan fingerprint density at radius 2 is 1.52 bits per heavy atom. The van der Waals surface area contributed by atoms with Crippen LogP contribution in [0.5, 0.6) is 5.75 Å². The van der Waals surface area contributed by atoms with E-state index in [1.54, 1.807) is 24.3 Å². The minimum absolute atomic E-state index is 0.104. The van der Waals surface area contributed by atoms with Crippen LogP contribution in [-0.4, -0.2) is 18.4 Å². The summed E-state index contributed by atoms with van der Waals surface area (Å²) in [4.78, 5) is 23.6. The van der Waals surface area contributed by atoms with Crippen molar-refractivity contribution >= 4 is 23.2 Å². The highest BCUT2D eigenvalue weighted by molar-refractivity contribution is 5.94. The monoisotopic (exact) mass is 368 g/mol. The maximum Gasteiger partial charge on any atom is 0.262 e. The smallest absolute Gasteiger partial charge is 0.262 e. The quantitative estimate of drug-likeness (QED) is 0.730. The topological polar surface area (TPSA) is 67.4 Å². The Morgan fingerprint density at radius 1 is 0.926 bits per heavy atom. The molecule has 144 valence electrons. The fourth-order valence-electron chi connectivity index (χ4n) is 2.89. The normalized spacial score (nSPS) is 10.8. The Bertz CT molecular complexity index is 787. The van der Waals surface area contributed by atoms with Crippen LogP contribution in [0, 0.1) is 0 Å². The first kappa shape index (κ1) is 20.5. The zero-order valence-electron chi connectivity index (χ0n) is 16.6. The summed E-state index contributed by atoms with van der Waals surface area (Å²) >= 11 is 0. The molecular weight excluding hydrogens is 340 g/mol. The van der Waals surface area contributed by atoms with Gasteiger partial charge in [0, 0.05) is 24.4 Å². The molecule has 0 fully saturated rings. The van der Waals surface area contributed by atoms with Crippen LogP contribution in [-0.2, 0) is 9.59 Å². The molecule has 2 aromatic rings. The molecule has 0 spiro atoms. The van der Waals surface area contributed by atoms with E-state index >= 15 is 0 Å². The van der Waals surface area contributed by atoms with E-state index < -0.39 is 0 Å². The predicted molar refractivity (Wildman–Crippen MR) is 109 cm³/mol. The SMILES string of the molecule is CC(=O)Nc1cccc(OCC(=O)Nc2c(C(C)C)cccc2C(C)C)c1. The fraction of sp³-hybridized carbons (Fsp3) is 0.364. The van der Waals surface area contributed by atoms with Crippen molar-refractivity contribution in [1.29, 1.82) is 0 Å². The number of carbonyl (C=O) groups excluding carboxylic acids is 2. The van der Waals surface area contributed by atoms with Crippen molar-refractivity contribution < 1.29 is 14.3 Å². The third kappa shape index (κ3) is 5.84. The van der Waals surface area contributed by atoms with Crippen molar-refractivity contribution in [3.8, 4) is 5.75 Å². The van der Waals surface area contributed by atoms with E-state index in [0.717, 1.165) is 16.8 Å². The minimum Gasteiger partial charge on any atom is -0.484 e. The Kier molecular flexibility index (Phi) is 6.99. The molecule has 2 amide bonds. The lowest BCUT2D eigenvalue weighted by Crippen LogP contribution is -2.22. The second-order valence-electron chi connectivity index (χ2n) is 7.17. The molecule has 0 aliphatic carbocycles. The van der Waals surface area contributed by atoms with Gasteiger partial charge in [-0.1, -0.05) is 52.0 Å². The molecule has 0 heterocycles. The summed E-state index contributed by atoms with van der Waals surface area (Å²) in [5.74, 6) is 0.757. The summed E-state index contributed by atoms with van der Waals surface area (Å²) in [5.41, 5.74) is 3.74. The molecule has 0 bridgehead atoms. The lowest BCUT2D eigenvalue weighted by atomic mass is 9.92. The second-order valence-corrected chi connectivity index (χ2v) is 7.17. The average Bonchev–Trinajstić information content (AvgIpc) is 2.59. The highest BCUT2D eigenvalue weighted by atomic mass is 16.5. The molecule has 0 aromatic heterocycles. The molecule has 27 heavy (non-hydrogen) atoms. The van der Waals surface area contributed by atoms with Crippen molar-refractivity contribution in [2.24, 2.45) is 0 Å². The van der Waals surface area contributed by atoms with E-state index in [9.17, 15) is 9.59 Å². The molecule has 0 atom stereocenters. The fourth-order valence-corrected chi connectivity index (χ4v) is 2.89. The zero-order valence-corrected chi connectivity index (χ0v) is 16.6. The largest absolute Gasteiger partial charge is 0.484 e. The third-order valence-corrected chi connectivity index (χ3v) is 4.16. The predicted octanol–water partition coefficient (Wildman–Crippen LogP) is 4.91. The third-order valence-electron chi connectivity index (χ3n) is 4.16. The highest BCUT2D eigenvalue weighted by Gasteiger charge is 2.16. The number of benzene rings is 2. The number of ether oxygens (including phenoxy) is 1. The minimum atomic E-state index is -0.213. The van der Waals surface area contributed by atoms with Gasteiger partial charge in [-0.15, -0.1) is 0 Å². The van der Waals surface area contributed by atoms with Crippen LogP contribution in [0.2, 0.25) is 0 Å². The molecule has 2 rings (SSSR count). The standard InChI is InChI=1S/C22H28N2O3/c1-14(2)19-10-7-11-20(15(3)4)22(19)24-21(26)13-27-18-9-6-8-17(12-18)23-16(5)25/h6-12,14-15H,13H2,1-5H3,(H,23,25)(H,24,26). The molecular formula is C22H28N2O3. The summed E-state index contributed by atoms with van der Waals surface area (Å²) in [6, 6.07) is 13.1. The van der Waals surface area contributed by atoms with Crippen LogP contribution in [0.3, 0.4) is 0 Å². The molecule has 5 nitrogen and oxygen atoms in total.